The van der Waals surface area contributed by atoms with Crippen molar-refractivity contribution in [1.82, 2.24) is 9.80 Å². The topological polar surface area (TPSA) is 9.72 Å². The fraction of sp³-hybridized carbons (Fsp3) is 0.400. The second kappa shape index (κ2) is 7.62. The number of hydrogen-bond donors (Lipinski definition) is 0. The van der Waals surface area contributed by atoms with Crippen LogP contribution in [0.15, 0.2) is 54.6 Å². The van der Waals surface area contributed by atoms with E-state index in [9.17, 15) is 0 Å². The molecule has 0 N–H and O–H groups in total. The molecule has 1 aliphatic heterocycles. The highest BCUT2D eigenvalue weighted by atomic mass is 15.3. The van der Waals surface area contributed by atoms with Crippen LogP contribution >= 0.6 is 0 Å². The highest BCUT2D eigenvalue weighted by molar-refractivity contribution is 5.45. The summed E-state index contributed by atoms with van der Waals surface area (Å²) in [6, 6.07) is 19.7. The van der Waals surface area contributed by atoms with Gasteiger partial charge in [0.05, 0.1) is 0 Å². The van der Waals surface area contributed by atoms with E-state index in [-0.39, 0.29) is 0 Å². The van der Waals surface area contributed by atoms with E-state index in [1.807, 2.05) is 0 Å². The molecule has 122 valence electrons. The molecule has 0 aromatic heterocycles. The van der Waals surface area contributed by atoms with Gasteiger partial charge in [-0.3, -0.25) is 9.80 Å². The quantitative estimate of drug-likeness (QED) is 0.840. The summed E-state index contributed by atoms with van der Waals surface area (Å²) in [6.07, 6.45) is 0. The highest BCUT2D eigenvalue weighted by Crippen LogP contribution is 2.15. The Morgan fingerprint density at radius 2 is 1.17 bits per heavy atom. The zero-order valence-electron chi connectivity index (χ0n) is 14.3. The Labute approximate surface area is 140 Å². The fourth-order valence-electron chi connectivity index (χ4n) is 3.10. The maximum Gasteiger partial charge on any atom is 0.0361 e. The molecule has 0 spiro atoms. The molecule has 2 aromatic rings. The Hall–Kier alpha value is -1.84. The van der Waals surface area contributed by atoms with Crippen LogP contribution < -0.4 is 4.90 Å². The molecule has 3 heteroatoms. The minimum atomic E-state index is 1.06. The number of piperazine rings is 1. The summed E-state index contributed by atoms with van der Waals surface area (Å²) in [6.45, 7) is 6.76. The molecule has 0 aliphatic carbocycles. The van der Waals surface area contributed by atoms with Crippen LogP contribution in [-0.4, -0.2) is 50.1 Å². The molecule has 1 fully saturated rings. The molecule has 2 aromatic carbocycles. The van der Waals surface area contributed by atoms with Crippen molar-refractivity contribution < 1.29 is 0 Å². The molecule has 3 rings (SSSR count). The van der Waals surface area contributed by atoms with Gasteiger partial charge in [0.15, 0.2) is 0 Å². The van der Waals surface area contributed by atoms with E-state index >= 15 is 0 Å². The first-order valence-electron chi connectivity index (χ1n) is 8.45. The van der Waals surface area contributed by atoms with E-state index < -0.39 is 0 Å². The van der Waals surface area contributed by atoms with Gasteiger partial charge in [-0.1, -0.05) is 42.5 Å². The van der Waals surface area contributed by atoms with Crippen LogP contribution in [0.5, 0.6) is 0 Å². The summed E-state index contributed by atoms with van der Waals surface area (Å²) in [5, 5.41) is 0. The molecule has 0 unspecified atom stereocenters. The molecule has 0 radical (unpaired) electrons. The Balaban J connectivity index is 1.47. The van der Waals surface area contributed by atoms with Gasteiger partial charge in [0, 0.05) is 59.1 Å². The molecular weight excluding hydrogens is 282 g/mol. The van der Waals surface area contributed by atoms with Crippen molar-refractivity contribution >= 4 is 5.69 Å². The van der Waals surface area contributed by atoms with Crippen molar-refractivity contribution in [2.45, 2.75) is 13.1 Å². The van der Waals surface area contributed by atoms with Gasteiger partial charge in [0.25, 0.3) is 0 Å². The van der Waals surface area contributed by atoms with Gasteiger partial charge in [0.1, 0.15) is 0 Å². The van der Waals surface area contributed by atoms with E-state index in [4.69, 9.17) is 0 Å². The second-order valence-corrected chi connectivity index (χ2v) is 6.60. The average Bonchev–Trinajstić information content (AvgIpc) is 2.58. The normalized spacial score (nSPS) is 16.4. The molecule has 0 saturated carbocycles. The molecule has 1 heterocycles. The number of rotatable bonds is 5. The number of anilines is 1. The first-order valence-corrected chi connectivity index (χ1v) is 8.45. The maximum absolute atomic E-state index is 2.56. The van der Waals surface area contributed by atoms with Gasteiger partial charge in [-0.2, -0.15) is 0 Å². The summed E-state index contributed by atoms with van der Waals surface area (Å²) in [5.41, 5.74) is 4.09. The summed E-state index contributed by atoms with van der Waals surface area (Å²) >= 11 is 0. The molecule has 1 saturated heterocycles. The third-order valence-electron chi connectivity index (χ3n) is 4.57. The van der Waals surface area contributed by atoms with E-state index in [2.05, 4.69) is 83.4 Å². The third kappa shape index (κ3) is 4.57. The molecule has 1 aliphatic rings. The zero-order valence-corrected chi connectivity index (χ0v) is 14.3. The predicted molar refractivity (Wildman–Crippen MR) is 97.8 cm³/mol. The second-order valence-electron chi connectivity index (χ2n) is 6.60. The summed E-state index contributed by atoms with van der Waals surface area (Å²) in [4.78, 5) is 7.26. The number of benzene rings is 2. The lowest BCUT2D eigenvalue weighted by Gasteiger charge is -2.34. The summed E-state index contributed by atoms with van der Waals surface area (Å²) in [5.74, 6) is 0. The molecule has 0 atom stereocenters. The Morgan fingerprint density at radius 3 is 1.65 bits per heavy atom. The molecule has 0 amide bonds. The van der Waals surface area contributed by atoms with Crippen molar-refractivity contribution in [2.24, 2.45) is 0 Å². The van der Waals surface area contributed by atoms with Crippen LogP contribution in [0.1, 0.15) is 11.1 Å². The zero-order chi connectivity index (χ0) is 16.1. The first kappa shape index (κ1) is 16.0. The monoisotopic (exact) mass is 309 g/mol. The minimum absolute atomic E-state index is 1.06. The van der Waals surface area contributed by atoms with Crippen molar-refractivity contribution in [1.29, 1.82) is 0 Å². The first-order chi connectivity index (χ1) is 11.2. The van der Waals surface area contributed by atoms with Crippen LogP contribution in [-0.2, 0) is 13.1 Å². The average molecular weight is 309 g/mol. The van der Waals surface area contributed by atoms with Gasteiger partial charge in [-0.25, -0.2) is 0 Å². The minimum Gasteiger partial charge on any atom is -0.378 e. The van der Waals surface area contributed by atoms with Gasteiger partial charge >= 0.3 is 0 Å². The number of nitrogens with zero attached hydrogens (tertiary/aromatic N) is 3. The van der Waals surface area contributed by atoms with Crippen LogP contribution in [0, 0.1) is 0 Å². The van der Waals surface area contributed by atoms with Gasteiger partial charge in [0.2, 0.25) is 0 Å². The maximum atomic E-state index is 2.56. The van der Waals surface area contributed by atoms with Crippen molar-refractivity contribution in [3.63, 3.8) is 0 Å². The summed E-state index contributed by atoms with van der Waals surface area (Å²) < 4.78 is 0. The SMILES string of the molecule is CN(C)c1ccc(CN2CCN(Cc3ccccc3)CC2)cc1. The molecule has 3 nitrogen and oxygen atoms in total. The number of hydrogen-bond acceptors (Lipinski definition) is 3. The lowest BCUT2D eigenvalue weighted by atomic mass is 10.1. The Kier molecular flexibility index (Phi) is 5.31. The van der Waals surface area contributed by atoms with Crippen LogP contribution in [0.2, 0.25) is 0 Å². The van der Waals surface area contributed by atoms with E-state index in [0.717, 1.165) is 39.3 Å². The molecular formula is C20H27N3. The molecule has 0 bridgehead atoms. The van der Waals surface area contributed by atoms with Crippen molar-refractivity contribution in [3.8, 4) is 0 Å². The summed E-state index contributed by atoms with van der Waals surface area (Å²) in [7, 11) is 4.17. The van der Waals surface area contributed by atoms with Gasteiger partial charge in [-0.05, 0) is 23.3 Å². The Bertz CT molecular complexity index is 584. The predicted octanol–water partition coefficient (Wildman–Crippen LogP) is 3.07. The third-order valence-corrected chi connectivity index (χ3v) is 4.57. The van der Waals surface area contributed by atoms with E-state index in [0.29, 0.717) is 0 Å². The lowest BCUT2D eigenvalue weighted by Crippen LogP contribution is -2.45. The fourth-order valence-corrected chi connectivity index (χ4v) is 3.10. The van der Waals surface area contributed by atoms with Crippen LogP contribution in [0.4, 0.5) is 5.69 Å². The van der Waals surface area contributed by atoms with Crippen LogP contribution in [0.3, 0.4) is 0 Å². The standard InChI is InChI=1S/C20H27N3/c1-21(2)20-10-8-19(9-11-20)17-23-14-12-22(13-15-23)16-18-6-4-3-5-7-18/h3-11H,12-17H2,1-2H3. The van der Waals surface area contributed by atoms with E-state index in [1.54, 1.807) is 0 Å². The van der Waals surface area contributed by atoms with Crippen LogP contribution in [0.25, 0.3) is 0 Å². The Morgan fingerprint density at radius 1 is 0.696 bits per heavy atom. The van der Waals surface area contributed by atoms with Gasteiger partial charge in [-0.15, -0.1) is 0 Å². The molecule has 23 heavy (non-hydrogen) atoms. The van der Waals surface area contributed by atoms with E-state index in [1.165, 1.54) is 16.8 Å². The van der Waals surface area contributed by atoms with Crippen molar-refractivity contribution in [3.05, 3.63) is 65.7 Å². The largest absolute Gasteiger partial charge is 0.378 e. The smallest absolute Gasteiger partial charge is 0.0361 e. The highest BCUT2D eigenvalue weighted by Gasteiger charge is 2.16. The van der Waals surface area contributed by atoms with Gasteiger partial charge < -0.3 is 4.90 Å². The van der Waals surface area contributed by atoms with Crippen molar-refractivity contribution in [2.75, 3.05) is 45.2 Å². The lowest BCUT2D eigenvalue weighted by molar-refractivity contribution is 0.122.